The van der Waals surface area contributed by atoms with Crippen LogP contribution in [0.2, 0.25) is 5.02 Å². The molecule has 160 valence electrons. The maximum Gasteiger partial charge on any atom is 0.255 e. The molecular weight excluding hydrogens is 426 g/mol. The quantitative estimate of drug-likeness (QED) is 0.716. The van der Waals surface area contributed by atoms with Gasteiger partial charge in [0, 0.05) is 50.0 Å². The predicted octanol–water partition coefficient (Wildman–Crippen LogP) is 2.32. The number of morpholine rings is 1. The van der Waals surface area contributed by atoms with E-state index in [1.165, 1.54) is 10.4 Å². The monoisotopic (exact) mass is 449 g/mol. The molecule has 0 aliphatic carbocycles. The standard InChI is InChI=1S/C21H24ClN3O4S/c22-17-4-3-5-18(16-17)23-8-10-24(11-9-23)21(26)19-6-1-2-7-20(19)30(27,28)25-12-14-29-15-13-25/h1-7,16H,8-15H2. The van der Waals surface area contributed by atoms with Gasteiger partial charge in [-0.25, -0.2) is 8.42 Å². The van der Waals surface area contributed by atoms with Crippen LogP contribution >= 0.6 is 11.6 Å². The predicted molar refractivity (Wildman–Crippen MR) is 116 cm³/mol. The van der Waals surface area contributed by atoms with Gasteiger partial charge in [-0.05, 0) is 30.3 Å². The summed E-state index contributed by atoms with van der Waals surface area (Å²) in [6.45, 7) is 3.65. The smallest absolute Gasteiger partial charge is 0.255 e. The molecule has 0 aromatic heterocycles. The minimum atomic E-state index is -3.75. The van der Waals surface area contributed by atoms with Crippen LogP contribution < -0.4 is 4.90 Å². The van der Waals surface area contributed by atoms with Crippen molar-refractivity contribution in [1.29, 1.82) is 0 Å². The molecule has 2 aliphatic rings. The molecule has 9 heteroatoms. The van der Waals surface area contributed by atoms with E-state index in [2.05, 4.69) is 4.90 Å². The van der Waals surface area contributed by atoms with Gasteiger partial charge in [-0.15, -0.1) is 0 Å². The van der Waals surface area contributed by atoms with E-state index in [-0.39, 0.29) is 16.4 Å². The first-order chi connectivity index (χ1) is 14.5. The van der Waals surface area contributed by atoms with Gasteiger partial charge in [-0.2, -0.15) is 4.31 Å². The van der Waals surface area contributed by atoms with Crippen LogP contribution in [-0.2, 0) is 14.8 Å². The highest BCUT2D eigenvalue weighted by Crippen LogP contribution is 2.25. The third-order valence-corrected chi connectivity index (χ3v) is 7.64. The molecular formula is C21H24ClN3O4S. The molecule has 0 unspecified atom stereocenters. The number of sulfonamides is 1. The molecule has 0 atom stereocenters. The summed E-state index contributed by atoms with van der Waals surface area (Å²) < 4.78 is 32.9. The summed E-state index contributed by atoms with van der Waals surface area (Å²) in [7, 11) is -3.75. The number of carbonyl (C=O) groups is 1. The topological polar surface area (TPSA) is 70.2 Å². The summed E-state index contributed by atoms with van der Waals surface area (Å²) in [5.74, 6) is -0.256. The highest BCUT2D eigenvalue weighted by Gasteiger charge is 2.32. The largest absolute Gasteiger partial charge is 0.379 e. The number of rotatable bonds is 4. The Kier molecular flexibility index (Phi) is 6.29. The molecule has 30 heavy (non-hydrogen) atoms. The second kappa shape index (κ2) is 8.93. The van der Waals surface area contributed by atoms with Crippen molar-refractivity contribution in [1.82, 2.24) is 9.21 Å². The van der Waals surface area contributed by atoms with Crippen molar-refractivity contribution in [2.24, 2.45) is 0 Å². The highest BCUT2D eigenvalue weighted by atomic mass is 35.5. The summed E-state index contributed by atoms with van der Waals surface area (Å²) in [5, 5.41) is 0.674. The van der Waals surface area contributed by atoms with E-state index >= 15 is 0 Å². The Morgan fingerprint density at radius 1 is 0.900 bits per heavy atom. The van der Waals surface area contributed by atoms with Crippen molar-refractivity contribution in [3.8, 4) is 0 Å². The van der Waals surface area contributed by atoms with Gasteiger partial charge < -0.3 is 14.5 Å². The van der Waals surface area contributed by atoms with E-state index in [1.807, 2.05) is 24.3 Å². The molecule has 7 nitrogen and oxygen atoms in total. The van der Waals surface area contributed by atoms with Gasteiger partial charge in [0.15, 0.2) is 0 Å². The molecule has 2 aromatic carbocycles. The zero-order valence-electron chi connectivity index (χ0n) is 16.5. The maximum atomic E-state index is 13.2. The molecule has 4 rings (SSSR count). The Morgan fingerprint density at radius 2 is 1.60 bits per heavy atom. The number of nitrogens with zero attached hydrogens (tertiary/aromatic N) is 3. The van der Waals surface area contributed by atoms with Crippen LogP contribution in [0.1, 0.15) is 10.4 Å². The highest BCUT2D eigenvalue weighted by molar-refractivity contribution is 7.89. The number of amides is 1. The van der Waals surface area contributed by atoms with E-state index in [0.29, 0.717) is 57.5 Å². The summed E-state index contributed by atoms with van der Waals surface area (Å²) in [5.41, 5.74) is 1.24. The number of anilines is 1. The van der Waals surface area contributed by atoms with Gasteiger partial charge >= 0.3 is 0 Å². The van der Waals surface area contributed by atoms with Crippen molar-refractivity contribution in [3.63, 3.8) is 0 Å². The third kappa shape index (κ3) is 4.32. The number of halogens is 1. The zero-order chi connectivity index (χ0) is 21.1. The molecule has 0 N–H and O–H groups in total. The number of piperazine rings is 1. The van der Waals surface area contributed by atoms with Gasteiger partial charge in [0.1, 0.15) is 0 Å². The minimum absolute atomic E-state index is 0.0640. The molecule has 2 aromatic rings. The summed E-state index contributed by atoms with van der Waals surface area (Å²) >= 11 is 6.09. The normalized spacial score (nSPS) is 18.4. The molecule has 0 radical (unpaired) electrons. The van der Waals surface area contributed by atoms with Gasteiger partial charge in [0.05, 0.1) is 23.7 Å². The lowest BCUT2D eigenvalue weighted by molar-refractivity contribution is 0.0722. The molecule has 2 heterocycles. The number of hydrogen-bond donors (Lipinski definition) is 0. The fourth-order valence-electron chi connectivity index (χ4n) is 3.81. The first kappa shape index (κ1) is 21.1. The minimum Gasteiger partial charge on any atom is -0.379 e. The zero-order valence-corrected chi connectivity index (χ0v) is 18.1. The Hall–Kier alpha value is -2.13. The first-order valence-electron chi connectivity index (χ1n) is 9.93. The molecule has 2 fully saturated rings. The summed E-state index contributed by atoms with van der Waals surface area (Å²) in [6.07, 6.45) is 0. The Balaban J connectivity index is 1.51. The number of benzene rings is 2. The van der Waals surface area contributed by atoms with Gasteiger partial charge in [-0.3, -0.25) is 4.79 Å². The average Bonchev–Trinajstić information content (AvgIpc) is 2.79. The molecule has 2 saturated heterocycles. The molecule has 0 bridgehead atoms. The Morgan fingerprint density at radius 3 is 2.30 bits per heavy atom. The van der Waals surface area contributed by atoms with Gasteiger partial charge in [0.2, 0.25) is 10.0 Å². The van der Waals surface area contributed by atoms with Crippen LogP contribution in [0.3, 0.4) is 0 Å². The lowest BCUT2D eigenvalue weighted by atomic mass is 10.1. The summed E-state index contributed by atoms with van der Waals surface area (Å²) in [6, 6.07) is 14.1. The van der Waals surface area contributed by atoms with Gasteiger partial charge in [0.25, 0.3) is 5.91 Å². The van der Waals surface area contributed by atoms with Crippen molar-refractivity contribution in [2.75, 3.05) is 57.4 Å². The average molecular weight is 450 g/mol. The first-order valence-corrected chi connectivity index (χ1v) is 11.8. The third-order valence-electron chi connectivity index (χ3n) is 5.45. The molecule has 0 spiro atoms. The van der Waals surface area contributed by atoms with Crippen LogP contribution in [0.15, 0.2) is 53.4 Å². The molecule has 1 amide bonds. The Labute approximate surface area is 181 Å². The van der Waals surface area contributed by atoms with E-state index in [0.717, 1.165) is 5.69 Å². The second-order valence-electron chi connectivity index (χ2n) is 7.27. The fourth-order valence-corrected chi connectivity index (χ4v) is 5.58. The van der Waals surface area contributed by atoms with Crippen LogP contribution in [-0.4, -0.2) is 76.0 Å². The van der Waals surface area contributed by atoms with E-state index in [4.69, 9.17) is 16.3 Å². The van der Waals surface area contributed by atoms with Crippen molar-refractivity contribution in [2.45, 2.75) is 4.90 Å². The SMILES string of the molecule is O=C(c1ccccc1S(=O)(=O)N1CCOCC1)N1CCN(c2cccc(Cl)c2)CC1. The van der Waals surface area contributed by atoms with Crippen LogP contribution in [0, 0.1) is 0 Å². The molecule has 2 aliphatic heterocycles. The number of ether oxygens (including phenoxy) is 1. The van der Waals surface area contributed by atoms with Crippen molar-refractivity contribution < 1.29 is 17.9 Å². The second-order valence-corrected chi connectivity index (χ2v) is 9.61. The number of hydrogen-bond acceptors (Lipinski definition) is 5. The lowest BCUT2D eigenvalue weighted by Gasteiger charge is -2.36. The summed E-state index contributed by atoms with van der Waals surface area (Å²) in [4.78, 5) is 17.2. The van der Waals surface area contributed by atoms with E-state index in [9.17, 15) is 13.2 Å². The maximum absolute atomic E-state index is 13.2. The van der Waals surface area contributed by atoms with Crippen LogP contribution in [0.5, 0.6) is 0 Å². The van der Waals surface area contributed by atoms with Crippen molar-refractivity contribution in [3.05, 3.63) is 59.1 Å². The van der Waals surface area contributed by atoms with Crippen LogP contribution in [0.4, 0.5) is 5.69 Å². The van der Waals surface area contributed by atoms with Gasteiger partial charge in [-0.1, -0.05) is 29.8 Å². The molecule has 0 saturated carbocycles. The lowest BCUT2D eigenvalue weighted by Crippen LogP contribution is -2.49. The van der Waals surface area contributed by atoms with E-state index in [1.54, 1.807) is 23.1 Å². The van der Waals surface area contributed by atoms with E-state index < -0.39 is 10.0 Å². The Bertz CT molecular complexity index is 1020. The van der Waals surface area contributed by atoms with Crippen molar-refractivity contribution >= 4 is 33.2 Å². The van der Waals surface area contributed by atoms with Crippen LogP contribution in [0.25, 0.3) is 0 Å². The fraction of sp³-hybridized carbons (Fsp3) is 0.381. The number of carbonyl (C=O) groups excluding carboxylic acids is 1.